The van der Waals surface area contributed by atoms with Crippen LogP contribution in [-0.4, -0.2) is 15.0 Å². The van der Waals surface area contributed by atoms with E-state index in [0.717, 1.165) is 65.6 Å². The van der Waals surface area contributed by atoms with Crippen molar-refractivity contribution in [2.45, 2.75) is 5.41 Å². The van der Waals surface area contributed by atoms with Gasteiger partial charge in [0.1, 0.15) is 11.2 Å². The molecule has 11 aromatic carbocycles. The Morgan fingerprint density at radius 1 is 0.307 bits per heavy atom. The summed E-state index contributed by atoms with van der Waals surface area (Å²) >= 11 is 1.78. The second kappa shape index (κ2) is 16.2. The third kappa shape index (κ3) is 6.19. The van der Waals surface area contributed by atoms with Gasteiger partial charge in [-0.1, -0.05) is 212 Å². The average molecular weight is 972 g/mol. The predicted molar refractivity (Wildman–Crippen MR) is 309 cm³/mol. The Hall–Kier alpha value is -9.55. The Bertz CT molecular complexity index is 4600. The highest BCUT2D eigenvalue weighted by Gasteiger charge is 2.52. The first-order valence-corrected chi connectivity index (χ1v) is 26.3. The average Bonchev–Trinajstić information content (AvgIpc) is 4.39. The zero-order valence-corrected chi connectivity index (χ0v) is 41.1. The quantitative estimate of drug-likeness (QED) is 0.167. The largest absolute Gasteiger partial charge is 0.456 e. The van der Waals surface area contributed by atoms with Crippen molar-refractivity contribution in [2.24, 2.45) is 0 Å². The molecule has 14 aromatic rings. The summed E-state index contributed by atoms with van der Waals surface area (Å²) < 4.78 is 9.08. The van der Waals surface area contributed by atoms with Crippen LogP contribution in [0.15, 0.2) is 253 Å². The molecule has 0 N–H and O–H groups in total. The van der Waals surface area contributed by atoms with Crippen molar-refractivity contribution in [3.8, 4) is 89.8 Å². The van der Waals surface area contributed by atoms with Crippen molar-refractivity contribution in [1.82, 2.24) is 15.0 Å². The van der Waals surface area contributed by atoms with Gasteiger partial charge in [-0.05, 0) is 114 Å². The predicted octanol–water partition coefficient (Wildman–Crippen LogP) is 18.5. The summed E-state index contributed by atoms with van der Waals surface area (Å²) in [6, 6.07) is 89.8. The van der Waals surface area contributed by atoms with Gasteiger partial charge in [0.05, 0.1) is 5.41 Å². The lowest BCUT2D eigenvalue weighted by Crippen LogP contribution is -2.26. The van der Waals surface area contributed by atoms with E-state index in [1.54, 1.807) is 11.3 Å². The van der Waals surface area contributed by atoms with E-state index in [-0.39, 0.29) is 0 Å². The minimum atomic E-state index is -0.457. The highest BCUT2D eigenvalue weighted by molar-refractivity contribution is 7.26. The molecule has 5 heteroatoms. The molecule has 3 aromatic heterocycles. The van der Waals surface area contributed by atoms with E-state index in [4.69, 9.17) is 19.4 Å². The number of hydrogen-bond donors (Lipinski definition) is 0. The van der Waals surface area contributed by atoms with E-state index < -0.39 is 5.41 Å². The number of rotatable bonds is 6. The number of hydrogen-bond acceptors (Lipinski definition) is 5. The molecular weight excluding hydrogens is 931 g/mol. The number of aromatic nitrogens is 3. The molecule has 3 heterocycles. The molecule has 4 nitrogen and oxygen atoms in total. The first-order chi connectivity index (χ1) is 37.2. The van der Waals surface area contributed by atoms with Crippen LogP contribution in [0.3, 0.4) is 0 Å². The second-order valence-electron chi connectivity index (χ2n) is 19.7. The molecule has 0 unspecified atom stereocenters. The van der Waals surface area contributed by atoms with Crippen LogP contribution in [0.1, 0.15) is 22.3 Å². The number of furan rings is 1. The molecular formula is C70H41N3OS. The van der Waals surface area contributed by atoms with Crippen LogP contribution in [-0.2, 0) is 5.41 Å². The Labute approximate surface area is 436 Å². The number of fused-ring (bicyclic) bond motifs is 16. The Kier molecular flexibility index (Phi) is 9.09. The monoisotopic (exact) mass is 971 g/mol. The Morgan fingerprint density at radius 3 is 1.60 bits per heavy atom. The van der Waals surface area contributed by atoms with Crippen LogP contribution < -0.4 is 0 Å². The summed E-state index contributed by atoms with van der Waals surface area (Å²) in [6.07, 6.45) is 0. The molecule has 2 aliphatic rings. The van der Waals surface area contributed by atoms with Crippen molar-refractivity contribution in [3.05, 3.63) is 271 Å². The van der Waals surface area contributed by atoms with E-state index in [0.29, 0.717) is 17.5 Å². The fraction of sp³-hybridized carbons (Fsp3) is 0.0143. The number of nitrogens with zero attached hydrogens (tertiary/aromatic N) is 3. The third-order valence-corrected chi connectivity index (χ3v) is 17.0. The first kappa shape index (κ1) is 42.0. The Morgan fingerprint density at radius 2 is 0.813 bits per heavy atom. The van der Waals surface area contributed by atoms with Gasteiger partial charge in [0.2, 0.25) is 0 Å². The molecule has 0 aliphatic heterocycles. The van der Waals surface area contributed by atoms with Gasteiger partial charge in [-0.2, -0.15) is 0 Å². The van der Waals surface area contributed by atoms with E-state index in [1.165, 1.54) is 71.1 Å². The standard InChI is InChI=1S/C70H41N3OS/c1-2-16-42(17-3-1)43-34-36-44(37-35-43)67-71-68(73-69(72-67)56-28-14-26-54-52-23-7-11-33-63(52)75-66(54)56)55-27-15-32-62-64(55)57-41-46(38-39-61(57)74-62)45-18-12-19-47(40-45)48-24-13-25-53-51-22-6-10-31-60(51)70(65(48)53)58-29-8-4-20-49(58)50-21-5-9-30-59(50)70/h1-41H. The van der Waals surface area contributed by atoms with Crippen LogP contribution in [0.2, 0.25) is 0 Å². The van der Waals surface area contributed by atoms with E-state index in [9.17, 15) is 0 Å². The van der Waals surface area contributed by atoms with Crippen molar-refractivity contribution in [1.29, 1.82) is 0 Å². The first-order valence-electron chi connectivity index (χ1n) is 25.5. The van der Waals surface area contributed by atoms with E-state index >= 15 is 0 Å². The van der Waals surface area contributed by atoms with Gasteiger partial charge < -0.3 is 4.42 Å². The zero-order chi connectivity index (χ0) is 49.2. The summed E-state index contributed by atoms with van der Waals surface area (Å²) in [6.45, 7) is 0. The summed E-state index contributed by atoms with van der Waals surface area (Å²) in [5.74, 6) is 1.82. The van der Waals surface area contributed by atoms with Crippen molar-refractivity contribution in [3.63, 3.8) is 0 Å². The molecule has 16 rings (SSSR count). The van der Waals surface area contributed by atoms with Crippen LogP contribution in [0.25, 0.3) is 132 Å². The van der Waals surface area contributed by atoms with Crippen LogP contribution >= 0.6 is 11.3 Å². The van der Waals surface area contributed by atoms with Gasteiger partial charge in [0.15, 0.2) is 17.5 Å². The smallest absolute Gasteiger partial charge is 0.165 e. The summed E-state index contributed by atoms with van der Waals surface area (Å²) in [4.78, 5) is 16.0. The Balaban J connectivity index is 0.858. The summed E-state index contributed by atoms with van der Waals surface area (Å²) in [5.41, 5.74) is 21.3. The fourth-order valence-electron chi connectivity index (χ4n) is 12.6. The summed E-state index contributed by atoms with van der Waals surface area (Å²) in [7, 11) is 0. The molecule has 2 aliphatic carbocycles. The van der Waals surface area contributed by atoms with Crippen molar-refractivity contribution < 1.29 is 4.42 Å². The SMILES string of the molecule is c1ccc(-c2ccc(-c3nc(-c4cccc5c4sc4ccccc45)nc(-c4cccc5oc6ccc(-c7cccc(-c8cccc9c8C8(c%10ccccc%10-c%10ccccc%108)c8ccccc8-9)c7)cc6c45)n3)cc2)cc1. The number of benzene rings is 11. The normalized spacial score (nSPS) is 12.9. The van der Waals surface area contributed by atoms with E-state index in [2.05, 4.69) is 231 Å². The third-order valence-electron chi connectivity index (χ3n) is 15.8. The molecule has 0 bridgehead atoms. The zero-order valence-electron chi connectivity index (χ0n) is 40.3. The molecule has 0 saturated heterocycles. The molecule has 348 valence electrons. The molecule has 75 heavy (non-hydrogen) atoms. The molecule has 0 fully saturated rings. The maximum absolute atomic E-state index is 6.70. The molecule has 0 radical (unpaired) electrons. The summed E-state index contributed by atoms with van der Waals surface area (Å²) in [5, 5.41) is 4.39. The van der Waals surface area contributed by atoms with Crippen molar-refractivity contribution in [2.75, 3.05) is 0 Å². The van der Waals surface area contributed by atoms with Crippen LogP contribution in [0.5, 0.6) is 0 Å². The molecule has 0 amide bonds. The fourth-order valence-corrected chi connectivity index (χ4v) is 13.8. The van der Waals surface area contributed by atoms with Gasteiger partial charge in [0, 0.05) is 47.6 Å². The minimum absolute atomic E-state index is 0.457. The maximum Gasteiger partial charge on any atom is 0.165 e. The van der Waals surface area contributed by atoms with Gasteiger partial charge in [-0.25, -0.2) is 15.0 Å². The highest BCUT2D eigenvalue weighted by atomic mass is 32.1. The van der Waals surface area contributed by atoms with Crippen molar-refractivity contribution >= 4 is 53.4 Å². The molecule has 0 atom stereocenters. The van der Waals surface area contributed by atoms with Gasteiger partial charge in [-0.3, -0.25) is 0 Å². The lowest BCUT2D eigenvalue weighted by atomic mass is 9.68. The lowest BCUT2D eigenvalue weighted by molar-refractivity contribution is 0.669. The minimum Gasteiger partial charge on any atom is -0.456 e. The second-order valence-corrected chi connectivity index (χ2v) is 20.8. The number of thiophene rings is 1. The van der Waals surface area contributed by atoms with Crippen LogP contribution in [0.4, 0.5) is 0 Å². The highest BCUT2D eigenvalue weighted by Crippen LogP contribution is 2.64. The molecule has 0 saturated carbocycles. The molecule has 1 spiro atoms. The van der Waals surface area contributed by atoms with Gasteiger partial charge in [0.25, 0.3) is 0 Å². The van der Waals surface area contributed by atoms with Crippen LogP contribution in [0, 0.1) is 0 Å². The maximum atomic E-state index is 6.70. The van der Waals surface area contributed by atoms with E-state index in [1.807, 2.05) is 18.2 Å². The lowest BCUT2D eigenvalue weighted by Gasteiger charge is -2.32. The topological polar surface area (TPSA) is 51.8 Å². The van der Waals surface area contributed by atoms with Gasteiger partial charge in [-0.15, -0.1) is 11.3 Å². The van der Waals surface area contributed by atoms with Gasteiger partial charge >= 0.3 is 0 Å².